The minimum absolute atomic E-state index is 0.141. The number of rotatable bonds is 8. The van der Waals surface area contributed by atoms with Gasteiger partial charge < -0.3 is 10.4 Å². The van der Waals surface area contributed by atoms with Crippen LogP contribution in [0.4, 0.5) is 0 Å². The summed E-state index contributed by atoms with van der Waals surface area (Å²) in [7, 11) is 0. The average molecular weight is 367 g/mol. The normalized spacial score (nSPS) is 11.9. The molecule has 128 valence electrons. The topological polar surface area (TPSA) is 79.3 Å². The van der Waals surface area contributed by atoms with Crippen molar-refractivity contribution in [1.82, 2.24) is 10.3 Å². The molecule has 0 saturated carbocycles. The Hall–Kier alpha value is -1.92. The summed E-state index contributed by atoms with van der Waals surface area (Å²) in [6, 6.07) is 7.36. The van der Waals surface area contributed by atoms with Crippen molar-refractivity contribution in [2.24, 2.45) is 5.92 Å². The molecule has 0 radical (unpaired) electrons. The molecule has 0 saturated heterocycles. The maximum atomic E-state index is 12.0. The third-order valence-corrected chi connectivity index (χ3v) is 4.71. The van der Waals surface area contributed by atoms with Gasteiger partial charge in [0.25, 0.3) is 0 Å². The fourth-order valence-corrected chi connectivity index (χ4v) is 3.19. The van der Waals surface area contributed by atoms with Gasteiger partial charge in [-0.15, -0.1) is 11.3 Å². The predicted octanol–water partition coefficient (Wildman–Crippen LogP) is 3.62. The standard InChI is InChI=1S/C17H19ClN2O3S/c1-2-3-12(17(22)23)9-19-15(21)8-14-10-24-16(20-14)11-4-6-13(18)7-5-11/h4-7,10,12H,2-3,8-9H2,1H3,(H,19,21)(H,22,23). The summed E-state index contributed by atoms with van der Waals surface area (Å²) in [6.45, 7) is 2.07. The van der Waals surface area contributed by atoms with E-state index in [-0.39, 0.29) is 18.9 Å². The van der Waals surface area contributed by atoms with Crippen LogP contribution in [-0.2, 0) is 16.0 Å². The molecule has 1 atom stereocenters. The number of thiazole rings is 1. The van der Waals surface area contributed by atoms with Crippen molar-refractivity contribution in [1.29, 1.82) is 0 Å². The number of carboxylic acid groups (broad SMARTS) is 1. The van der Waals surface area contributed by atoms with E-state index in [0.29, 0.717) is 17.1 Å². The van der Waals surface area contributed by atoms with Gasteiger partial charge in [-0.25, -0.2) is 4.98 Å². The molecular formula is C17H19ClN2O3S. The number of carbonyl (C=O) groups excluding carboxylic acids is 1. The van der Waals surface area contributed by atoms with Crippen molar-refractivity contribution in [3.05, 3.63) is 40.4 Å². The molecule has 1 unspecified atom stereocenters. The number of nitrogens with one attached hydrogen (secondary N) is 1. The van der Waals surface area contributed by atoms with Gasteiger partial charge in [-0.05, 0) is 18.6 Å². The summed E-state index contributed by atoms with van der Waals surface area (Å²) >= 11 is 7.33. The van der Waals surface area contributed by atoms with E-state index in [0.717, 1.165) is 17.0 Å². The first-order valence-corrected chi connectivity index (χ1v) is 8.95. The zero-order valence-corrected chi connectivity index (χ0v) is 14.9. The van der Waals surface area contributed by atoms with Gasteiger partial charge in [0, 0.05) is 22.5 Å². The lowest BCUT2D eigenvalue weighted by molar-refractivity contribution is -0.141. The van der Waals surface area contributed by atoms with Gasteiger partial charge in [0.1, 0.15) is 5.01 Å². The Labute approximate surface area is 149 Å². The summed E-state index contributed by atoms with van der Waals surface area (Å²) in [5.41, 5.74) is 1.62. The Morgan fingerprint density at radius 3 is 2.67 bits per heavy atom. The second-order valence-corrected chi connectivity index (χ2v) is 6.75. The zero-order chi connectivity index (χ0) is 17.5. The largest absolute Gasteiger partial charge is 0.481 e. The Morgan fingerprint density at radius 2 is 2.04 bits per heavy atom. The second-order valence-electron chi connectivity index (χ2n) is 5.46. The van der Waals surface area contributed by atoms with Crippen LogP contribution >= 0.6 is 22.9 Å². The number of halogens is 1. The molecule has 1 aromatic heterocycles. The monoisotopic (exact) mass is 366 g/mol. The van der Waals surface area contributed by atoms with E-state index >= 15 is 0 Å². The highest BCUT2D eigenvalue weighted by molar-refractivity contribution is 7.13. The van der Waals surface area contributed by atoms with Crippen LogP contribution < -0.4 is 5.32 Å². The van der Waals surface area contributed by atoms with Crippen molar-refractivity contribution < 1.29 is 14.7 Å². The van der Waals surface area contributed by atoms with Gasteiger partial charge in [-0.1, -0.05) is 37.1 Å². The van der Waals surface area contributed by atoms with E-state index in [1.807, 2.05) is 24.4 Å². The highest BCUT2D eigenvalue weighted by atomic mass is 35.5. The molecule has 2 rings (SSSR count). The Balaban J connectivity index is 1.90. The molecular weight excluding hydrogens is 348 g/mol. The molecule has 0 aliphatic rings. The Kier molecular flexibility index (Phi) is 6.75. The summed E-state index contributed by atoms with van der Waals surface area (Å²) in [4.78, 5) is 27.5. The number of hydrogen-bond donors (Lipinski definition) is 2. The third-order valence-electron chi connectivity index (χ3n) is 3.52. The van der Waals surface area contributed by atoms with Crippen LogP contribution in [0.1, 0.15) is 25.5 Å². The quantitative estimate of drug-likeness (QED) is 0.747. The zero-order valence-electron chi connectivity index (χ0n) is 13.3. The van der Waals surface area contributed by atoms with Gasteiger partial charge in [-0.3, -0.25) is 9.59 Å². The number of nitrogens with zero attached hydrogens (tertiary/aromatic N) is 1. The van der Waals surface area contributed by atoms with Crippen molar-refractivity contribution in [3.63, 3.8) is 0 Å². The molecule has 0 aliphatic heterocycles. The first kappa shape index (κ1) is 18.4. The van der Waals surface area contributed by atoms with Crippen molar-refractivity contribution in [2.45, 2.75) is 26.2 Å². The molecule has 1 aromatic carbocycles. The highest BCUT2D eigenvalue weighted by Crippen LogP contribution is 2.25. The van der Waals surface area contributed by atoms with Gasteiger partial charge in [0.2, 0.25) is 5.91 Å². The number of benzene rings is 1. The lowest BCUT2D eigenvalue weighted by Gasteiger charge is -2.11. The first-order chi connectivity index (χ1) is 11.5. The van der Waals surface area contributed by atoms with E-state index in [4.69, 9.17) is 16.7 Å². The van der Waals surface area contributed by atoms with Crippen molar-refractivity contribution >= 4 is 34.8 Å². The van der Waals surface area contributed by atoms with Crippen LogP contribution in [0.2, 0.25) is 5.02 Å². The van der Waals surface area contributed by atoms with E-state index in [1.54, 1.807) is 12.1 Å². The van der Waals surface area contributed by atoms with Crippen LogP contribution in [0.25, 0.3) is 10.6 Å². The molecule has 24 heavy (non-hydrogen) atoms. The van der Waals surface area contributed by atoms with Gasteiger partial charge >= 0.3 is 5.97 Å². The molecule has 5 nitrogen and oxygen atoms in total. The molecule has 1 heterocycles. The number of carbonyl (C=O) groups is 2. The predicted molar refractivity (Wildman–Crippen MR) is 95.3 cm³/mol. The van der Waals surface area contributed by atoms with Crippen LogP contribution in [-0.4, -0.2) is 28.5 Å². The number of hydrogen-bond acceptors (Lipinski definition) is 4. The van der Waals surface area contributed by atoms with Gasteiger partial charge in [-0.2, -0.15) is 0 Å². The summed E-state index contributed by atoms with van der Waals surface area (Å²) < 4.78 is 0. The third kappa shape index (κ3) is 5.32. The minimum Gasteiger partial charge on any atom is -0.481 e. The molecule has 0 aliphatic carbocycles. The number of carboxylic acids is 1. The molecule has 0 fully saturated rings. The average Bonchev–Trinajstić information content (AvgIpc) is 3.00. The molecule has 0 bridgehead atoms. The summed E-state index contributed by atoms with van der Waals surface area (Å²) in [6.07, 6.45) is 1.46. The Morgan fingerprint density at radius 1 is 1.33 bits per heavy atom. The first-order valence-electron chi connectivity index (χ1n) is 7.69. The van der Waals surface area contributed by atoms with E-state index in [1.165, 1.54) is 11.3 Å². The summed E-state index contributed by atoms with van der Waals surface area (Å²) in [5, 5.41) is 15.1. The maximum absolute atomic E-state index is 12.0. The lowest BCUT2D eigenvalue weighted by atomic mass is 10.0. The van der Waals surface area contributed by atoms with Crippen LogP contribution in [0.5, 0.6) is 0 Å². The van der Waals surface area contributed by atoms with Crippen molar-refractivity contribution in [2.75, 3.05) is 6.54 Å². The summed E-state index contributed by atoms with van der Waals surface area (Å²) in [5.74, 6) is -1.64. The van der Waals surface area contributed by atoms with Crippen molar-refractivity contribution in [3.8, 4) is 10.6 Å². The molecule has 7 heteroatoms. The minimum atomic E-state index is -0.879. The van der Waals surface area contributed by atoms with Gasteiger partial charge in [0.15, 0.2) is 0 Å². The maximum Gasteiger partial charge on any atom is 0.308 e. The molecule has 0 spiro atoms. The number of amides is 1. The van der Waals surface area contributed by atoms with Gasteiger partial charge in [0.05, 0.1) is 18.0 Å². The molecule has 2 N–H and O–H groups in total. The van der Waals surface area contributed by atoms with Crippen LogP contribution in [0.3, 0.4) is 0 Å². The van der Waals surface area contributed by atoms with E-state index in [9.17, 15) is 9.59 Å². The van der Waals surface area contributed by atoms with E-state index in [2.05, 4.69) is 10.3 Å². The number of aromatic nitrogens is 1. The molecule has 2 aromatic rings. The van der Waals surface area contributed by atoms with Crippen LogP contribution in [0, 0.1) is 5.92 Å². The Bertz CT molecular complexity index is 700. The molecule has 1 amide bonds. The fourth-order valence-electron chi connectivity index (χ4n) is 2.24. The SMILES string of the molecule is CCCC(CNC(=O)Cc1csc(-c2ccc(Cl)cc2)n1)C(=O)O. The highest BCUT2D eigenvalue weighted by Gasteiger charge is 2.17. The smallest absolute Gasteiger partial charge is 0.308 e. The second kappa shape index (κ2) is 8.80. The lowest BCUT2D eigenvalue weighted by Crippen LogP contribution is -2.33. The van der Waals surface area contributed by atoms with E-state index < -0.39 is 11.9 Å². The number of aliphatic carboxylic acids is 1. The van der Waals surface area contributed by atoms with Crippen LogP contribution in [0.15, 0.2) is 29.6 Å². The fraction of sp³-hybridized carbons (Fsp3) is 0.353.